The molecular weight excluding hydrogens is 230 g/mol. The maximum Gasteiger partial charge on any atom is 0.135 e. The van der Waals surface area contributed by atoms with Crippen LogP contribution in [0, 0.1) is 0 Å². The molecule has 1 aromatic heterocycles. The SMILES string of the molecule is CC1CN(c2ncnc3c2CCC3)CC(CO)O1. The highest BCUT2D eigenvalue weighted by atomic mass is 16.5. The number of fused-ring (bicyclic) bond motifs is 1. The van der Waals surface area contributed by atoms with Gasteiger partial charge in [-0.25, -0.2) is 9.97 Å². The molecule has 0 bridgehead atoms. The van der Waals surface area contributed by atoms with Crippen molar-refractivity contribution in [2.24, 2.45) is 0 Å². The average molecular weight is 249 g/mol. The molecule has 1 aliphatic heterocycles. The van der Waals surface area contributed by atoms with E-state index in [-0.39, 0.29) is 18.8 Å². The van der Waals surface area contributed by atoms with Gasteiger partial charge in [0.1, 0.15) is 12.1 Å². The first-order valence-electron chi connectivity index (χ1n) is 6.62. The highest BCUT2D eigenvalue weighted by molar-refractivity contribution is 5.51. The summed E-state index contributed by atoms with van der Waals surface area (Å²) in [6.07, 6.45) is 4.98. The number of aliphatic hydroxyl groups excluding tert-OH is 1. The molecule has 0 amide bonds. The Morgan fingerprint density at radius 3 is 3.11 bits per heavy atom. The highest BCUT2D eigenvalue weighted by Gasteiger charge is 2.28. The number of aromatic nitrogens is 2. The molecule has 0 radical (unpaired) electrons. The molecular formula is C13H19N3O2. The Kier molecular flexibility index (Phi) is 3.18. The lowest BCUT2D eigenvalue weighted by Gasteiger charge is -2.37. The van der Waals surface area contributed by atoms with Gasteiger partial charge in [0, 0.05) is 24.3 Å². The summed E-state index contributed by atoms with van der Waals surface area (Å²) in [5.41, 5.74) is 2.49. The van der Waals surface area contributed by atoms with E-state index in [1.807, 2.05) is 6.92 Å². The van der Waals surface area contributed by atoms with Gasteiger partial charge in [0.25, 0.3) is 0 Å². The quantitative estimate of drug-likeness (QED) is 0.829. The van der Waals surface area contributed by atoms with Crippen LogP contribution in [0.2, 0.25) is 0 Å². The van der Waals surface area contributed by atoms with Crippen LogP contribution in [0.3, 0.4) is 0 Å². The van der Waals surface area contributed by atoms with E-state index < -0.39 is 0 Å². The van der Waals surface area contributed by atoms with E-state index in [0.29, 0.717) is 6.54 Å². The van der Waals surface area contributed by atoms with Crippen molar-refractivity contribution in [2.75, 3.05) is 24.6 Å². The summed E-state index contributed by atoms with van der Waals surface area (Å²) in [4.78, 5) is 11.0. The first-order valence-corrected chi connectivity index (χ1v) is 6.62. The van der Waals surface area contributed by atoms with Crippen LogP contribution in [0.5, 0.6) is 0 Å². The molecule has 18 heavy (non-hydrogen) atoms. The van der Waals surface area contributed by atoms with Crippen molar-refractivity contribution < 1.29 is 9.84 Å². The van der Waals surface area contributed by atoms with Crippen molar-refractivity contribution in [3.8, 4) is 0 Å². The Bertz CT molecular complexity index is 438. The summed E-state index contributed by atoms with van der Waals surface area (Å²) in [7, 11) is 0. The van der Waals surface area contributed by atoms with Gasteiger partial charge in [-0.3, -0.25) is 0 Å². The third kappa shape index (κ3) is 2.08. The van der Waals surface area contributed by atoms with Crippen molar-refractivity contribution in [2.45, 2.75) is 38.4 Å². The minimum atomic E-state index is -0.110. The maximum atomic E-state index is 9.28. The highest BCUT2D eigenvalue weighted by Crippen LogP contribution is 2.29. The Labute approximate surface area is 107 Å². The number of aliphatic hydroxyl groups is 1. The molecule has 1 saturated heterocycles. The Morgan fingerprint density at radius 2 is 2.28 bits per heavy atom. The van der Waals surface area contributed by atoms with Crippen molar-refractivity contribution in [1.82, 2.24) is 9.97 Å². The lowest BCUT2D eigenvalue weighted by Crippen LogP contribution is -2.48. The minimum absolute atomic E-state index is 0.0636. The molecule has 1 aliphatic carbocycles. The second-order valence-corrected chi connectivity index (χ2v) is 5.13. The van der Waals surface area contributed by atoms with E-state index in [4.69, 9.17) is 4.74 Å². The second kappa shape index (κ2) is 4.82. The fourth-order valence-electron chi connectivity index (χ4n) is 2.93. The molecule has 5 nitrogen and oxygen atoms in total. The summed E-state index contributed by atoms with van der Waals surface area (Å²) >= 11 is 0. The average Bonchev–Trinajstić information content (AvgIpc) is 2.85. The third-order valence-corrected chi connectivity index (χ3v) is 3.68. The zero-order valence-corrected chi connectivity index (χ0v) is 10.7. The number of morpholine rings is 1. The van der Waals surface area contributed by atoms with Crippen molar-refractivity contribution >= 4 is 5.82 Å². The van der Waals surface area contributed by atoms with Gasteiger partial charge in [-0.15, -0.1) is 0 Å². The van der Waals surface area contributed by atoms with Gasteiger partial charge < -0.3 is 14.7 Å². The molecule has 2 atom stereocenters. The smallest absolute Gasteiger partial charge is 0.135 e. The molecule has 2 aliphatic rings. The normalized spacial score (nSPS) is 27.3. The van der Waals surface area contributed by atoms with E-state index in [1.165, 1.54) is 17.7 Å². The monoisotopic (exact) mass is 249 g/mol. The molecule has 1 N–H and O–H groups in total. The number of ether oxygens (including phenoxy) is 1. The van der Waals surface area contributed by atoms with Gasteiger partial charge in [-0.2, -0.15) is 0 Å². The fourth-order valence-corrected chi connectivity index (χ4v) is 2.93. The topological polar surface area (TPSA) is 58.5 Å². The number of hydrogen-bond donors (Lipinski definition) is 1. The van der Waals surface area contributed by atoms with E-state index >= 15 is 0 Å². The van der Waals surface area contributed by atoms with Crippen molar-refractivity contribution in [3.05, 3.63) is 17.6 Å². The minimum Gasteiger partial charge on any atom is -0.394 e. The largest absolute Gasteiger partial charge is 0.394 e. The van der Waals surface area contributed by atoms with Crippen LogP contribution < -0.4 is 4.90 Å². The molecule has 0 saturated carbocycles. The number of anilines is 1. The lowest BCUT2D eigenvalue weighted by atomic mass is 10.1. The van der Waals surface area contributed by atoms with Crippen LogP contribution >= 0.6 is 0 Å². The number of aryl methyl sites for hydroxylation is 1. The Hall–Kier alpha value is -1.20. The summed E-state index contributed by atoms with van der Waals surface area (Å²) < 4.78 is 5.67. The molecule has 1 fully saturated rings. The summed E-state index contributed by atoms with van der Waals surface area (Å²) in [5, 5.41) is 9.28. The van der Waals surface area contributed by atoms with Gasteiger partial charge in [-0.05, 0) is 26.2 Å². The predicted molar refractivity (Wildman–Crippen MR) is 67.7 cm³/mol. The molecule has 0 aromatic carbocycles. The van der Waals surface area contributed by atoms with Crippen molar-refractivity contribution in [3.63, 3.8) is 0 Å². The first kappa shape index (κ1) is 11.9. The Balaban J connectivity index is 1.88. The first-order chi connectivity index (χ1) is 8.78. The van der Waals surface area contributed by atoms with Crippen LogP contribution in [-0.4, -0.2) is 47.0 Å². The number of rotatable bonds is 2. The molecule has 0 spiro atoms. The summed E-state index contributed by atoms with van der Waals surface area (Å²) in [6, 6.07) is 0. The predicted octanol–water partition coefficient (Wildman–Crippen LogP) is 0.551. The molecule has 3 rings (SSSR count). The van der Waals surface area contributed by atoms with Gasteiger partial charge >= 0.3 is 0 Å². The molecule has 98 valence electrons. The standard InChI is InChI=1S/C13H19N3O2/c1-9-5-16(6-10(7-17)18-9)13-11-3-2-4-12(11)14-8-15-13/h8-10,17H,2-7H2,1H3. The maximum absolute atomic E-state index is 9.28. The van der Waals surface area contributed by atoms with E-state index in [1.54, 1.807) is 6.33 Å². The summed E-state index contributed by atoms with van der Waals surface area (Å²) in [5.74, 6) is 1.05. The Morgan fingerprint density at radius 1 is 1.39 bits per heavy atom. The van der Waals surface area contributed by atoms with Crippen LogP contribution in [0.1, 0.15) is 24.6 Å². The van der Waals surface area contributed by atoms with E-state index in [9.17, 15) is 5.11 Å². The van der Waals surface area contributed by atoms with Gasteiger partial charge in [0.15, 0.2) is 0 Å². The molecule has 5 heteroatoms. The molecule has 1 aromatic rings. The fraction of sp³-hybridized carbons (Fsp3) is 0.692. The molecule has 2 unspecified atom stereocenters. The van der Waals surface area contributed by atoms with Crippen molar-refractivity contribution in [1.29, 1.82) is 0 Å². The molecule has 2 heterocycles. The third-order valence-electron chi connectivity index (χ3n) is 3.68. The van der Waals surface area contributed by atoms with E-state index in [0.717, 1.165) is 25.2 Å². The van der Waals surface area contributed by atoms with Crippen LogP contribution in [0.25, 0.3) is 0 Å². The van der Waals surface area contributed by atoms with Gasteiger partial charge in [0.2, 0.25) is 0 Å². The number of nitrogens with zero attached hydrogens (tertiary/aromatic N) is 3. The van der Waals surface area contributed by atoms with E-state index in [2.05, 4.69) is 14.9 Å². The summed E-state index contributed by atoms with van der Waals surface area (Å²) in [6.45, 7) is 3.65. The lowest BCUT2D eigenvalue weighted by molar-refractivity contribution is -0.0423. The van der Waals surface area contributed by atoms with Crippen LogP contribution in [0.15, 0.2) is 6.33 Å². The second-order valence-electron chi connectivity index (χ2n) is 5.13. The number of hydrogen-bond acceptors (Lipinski definition) is 5. The van der Waals surface area contributed by atoms with Gasteiger partial charge in [0.05, 0.1) is 18.8 Å². The van der Waals surface area contributed by atoms with Crippen LogP contribution in [0.4, 0.5) is 5.82 Å². The van der Waals surface area contributed by atoms with Crippen LogP contribution in [-0.2, 0) is 17.6 Å². The van der Waals surface area contributed by atoms with Gasteiger partial charge in [-0.1, -0.05) is 0 Å². The zero-order valence-electron chi connectivity index (χ0n) is 10.7. The zero-order chi connectivity index (χ0) is 12.5.